The summed E-state index contributed by atoms with van der Waals surface area (Å²) in [5.41, 5.74) is 5.20. The monoisotopic (exact) mass is 251 g/mol. The fourth-order valence-electron chi connectivity index (χ4n) is 0.897. The van der Waals surface area contributed by atoms with Crippen LogP contribution >= 0.6 is 0 Å². The number of sulfonamides is 1. The van der Waals surface area contributed by atoms with Gasteiger partial charge in [0.05, 0.1) is 5.75 Å². The molecule has 0 aromatic heterocycles. The highest BCUT2D eigenvalue weighted by atomic mass is 32.2. The summed E-state index contributed by atoms with van der Waals surface area (Å²) in [6, 6.07) is 0. The molecule has 0 bridgehead atoms. The molecule has 0 radical (unpaired) electrons. The standard InChI is InChI=1S/C9H21N3O3S/c1-9(2,3)5-7-16(14,15)11-6-4-8(10)12-13/h11,13H,4-7H2,1-3H3,(H2,10,12). The van der Waals surface area contributed by atoms with Crippen LogP contribution in [0.15, 0.2) is 5.16 Å². The Kier molecular flexibility index (Phi) is 5.74. The minimum Gasteiger partial charge on any atom is -0.409 e. The summed E-state index contributed by atoms with van der Waals surface area (Å²) in [5.74, 6) is 0.102. The van der Waals surface area contributed by atoms with Crippen molar-refractivity contribution in [2.24, 2.45) is 16.3 Å². The van der Waals surface area contributed by atoms with Gasteiger partial charge in [0, 0.05) is 13.0 Å². The normalized spacial score (nSPS) is 14.1. The zero-order chi connectivity index (χ0) is 12.8. The molecule has 0 amide bonds. The molecule has 0 heterocycles. The van der Waals surface area contributed by atoms with Crippen LogP contribution in [0.5, 0.6) is 0 Å². The van der Waals surface area contributed by atoms with Crippen LogP contribution in [-0.4, -0.2) is 31.8 Å². The van der Waals surface area contributed by atoms with Crippen LogP contribution < -0.4 is 10.5 Å². The summed E-state index contributed by atoms with van der Waals surface area (Å²) in [5, 5.41) is 11.0. The lowest BCUT2D eigenvalue weighted by atomic mass is 9.94. The number of amidine groups is 1. The third kappa shape index (κ3) is 8.49. The van der Waals surface area contributed by atoms with E-state index in [4.69, 9.17) is 10.9 Å². The summed E-state index contributed by atoms with van der Waals surface area (Å²) in [6.45, 7) is 6.11. The lowest BCUT2D eigenvalue weighted by Gasteiger charge is -2.17. The number of nitrogens with two attached hydrogens (primary N) is 1. The number of hydrogen-bond acceptors (Lipinski definition) is 4. The number of nitrogens with zero attached hydrogens (tertiary/aromatic N) is 1. The van der Waals surface area contributed by atoms with Gasteiger partial charge in [0.2, 0.25) is 10.0 Å². The van der Waals surface area contributed by atoms with Gasteiger partial charge in [-0.1, -0.05) is 25.9 Å². The first-order chi connectivity index (χ1) is 7.16. The maximum absolute atomic E-state index is 11.5. The molecule has 0 saturated carbocycles. The topological polar surface area (TPSA) is 105 Å². The Morgan fingerprint density at radius 1 is 1.44 bits per heavy atom. The van der Waals surface area contributed by atoms with Gasteiger partial charge in [-0.25, -0.2) is 13.1 Å². The van der Waals surface area contributed by atoms with Crippen molar-refractivity contribution in [1.29, 1.82) is 0 Å². The van der Waals surface area contributed by atoms with E-state index < -0.39 is 10.0 Å². The molecule has 6 nitrogen and oxygen atoms in total. The Balaban J connectivity index is 3.98. The van der Waals surface area contributed by atoms with Crippen molar-refractivity contribution < 1.29 is 13.6 Å². The van der Waals surface area contributed by atoms with Gasteiger partial charge in [-0.05, 0) is 11.8 Å². The fraction of sp³-hybridized carbons (Fsp3) is 0.889. The average Bonchev–Trinajstić information content (AvgIpc) is 2.13. The number of nitrogens with one attached hydrogen (secondary N) is 1. The van der Waals surface area contributed by atoms with E-state index >= 15 is 0 Å². The van der Waals surface area contributed by atoms with Crippen LogP contribution in [0.3, 0.4) is 0 Å². The molecule has 0 saturated heterocycles. The minimum atomic E-state index is -3.26. The maximum atomic E-state index is 11.5. The highest BCUT2D eigenvalue weighted by Gasteiger charge is 2.16. The Hall–Kier alpha value is -0.820. The SMILES string of the molecule is CC(C)(C)CCS(=O)(=O)NCCC(N)=NO. The highest BCUT2D eigenvalue weighted by molar-refractivity contribution is 7.89. The smallest absolute Gasteiger partial charge is 0.211 e. The molecule has 0 aliphatic heterocycles. The van der Waals surface area contributed by atoms with Crippen molar-refractivity contribution >= 4 is 15.9 Å². The summed E-state index contributed by atoms with van der Waals surface area (Å²) in [6.07, 6.45) is 0.789. The first-order valence-electron chi connectivity index (χ1n) is 5.10. The van der Waals surface area contributed by atoms with Crippen LogP contribution in [0.1, 0.15) is 33.6 Å². The first kappa shape index (κ1) is 15.2. The van der Waals surface area contributed by atoms with E-state index in [0.717, 1.165) is 0 Å². The lowest BCUT2D eigenvalue weighted by Crippen LogP contribution is -2.31. The molecule has 16 heavy (non-hydrogen) atoms. The Morgan fingerprint density at radius 3 is 2.44 bits per heavy atom. The minimum absolute atomic E-state index is 0.0125. The van der Waals surface area contributed by atoms with E-state index in [1.54, 1.807) is 0 Å². The van der Waals surface area contributed by atoms with Crippen molar-refractivity contribution in [3.05, 3.63) is 0 Å². The zero-order valence-corrected chi connectivity index (χ0v) is 10.8. The Labute approximate surface area is 97.0 Å². The second-order valence-electron chi connectivity index (χ2n) is 4.87. The molecule has 7 heteroatoms. The fourth-order valence-corrected chi connectivity index (χ4v) is 2.34. The van der Waals surface area contributed by atoms with Gasteiger partial charge in [-0.15, -0.1) is 0 Å². The molecule has 0 aliphatic carbocycles. The van der Waals surface area contributed by atoms with Gasteiger partial charge >= 0.3 is 0 Å². The molecule has 0 aromatic carbocycles. The van der Waals surface area contributed by atoms with Crippen molar-refractivity contribution in [3.8, 4) is 0 Å². The van der Waals surface area contributed by atoms with Crippen molar-refractivity contribution in [2.75, 3.05) is 12.3 Å². The Bertz CT molecular complexity index is 330. The number of rotatable bonds is 6. The van der Waals surface area contributed by atoms with E-state index in [9.17, 15) is 8.42 Å². The molecule has 4 N–H and O–H groups in total. The van der Waals surface area contributed by atoms with E-state index in [1.165, 1.54) is 0 Å². The van der Waals surface area contributed by atoms with E-state index in [2.05, 4.69) is 9.88 Å². The van der Waals surface area contributed by atoms with Crippen LogP contribution in [0.25, 0.3) is 0 Å². The maximum Gasteiger partial charge on any atom is 0.211 e. The predicted molar refractivity (Wildman–Crippen MR) is 63.9 cm³/mol. The quantitative estimate of drug-likeness (QED) is 0.276. The molecule has 0 aliphatic rings. The second-order valence-corrected chi connectivity index (χ2v) is 6.79. The number of oxime groups is 1. The van der Waals surface area contributed by atoms with Crippen molar-refractivity contribution in [2.45, 2.75) is 33.6 Å². The van der Waals surface area contributed by atoms with Gasteiger partial charge in [0.15, 0.2) is 0 Å². The third-order valence-corrected chi connectivity index (χ3v) is 3.34. The summed E-state index contributed by atoms with van der Waals surface area (Å²) >= 11 is 0. The molecular weight excluding hydrogens is 230 g/mol. The summed E-state index contributed by atoms with van der Waals surface area (Å²) in [7, 11) is -3.26. The number of hydrogen-bond donors (Lipinski definition) is 3. The summed E-state index contributed by atoms with van der Waals surface area (Å²) < 4.78 is 25.4. The lowest BCUT2D eigenvalue weighted by molar-refractivity contribution is 0.317. The van der Waals surface area contributed by atoms with E-state index in [0.29, 0.717) is 6.42 Å². The van der Waals surface area contributed by atoms with Gasteiger partial charge < -0.3 is 10.9 Å². The highest BCUT2D eigenvalue weighted by Crippen LogP contribution is 2.18. The molecule has 96 valence electrons. The van der Waals surface area contributed by atoms with Crippen molar-refractivity contribution in [3.63, 3.8) is 0 Å². The average molecular weight is 251 g/mol. The predicted octanol–water partition coefficient (Wildman–Crippen LogP) is 0.479. The molecule has 0 unspecified atom stereocenters. The van der Waals surface area contributed by atoms with Gasteiger partial charge in [0.1, 0.15) is 5.84 Å². The van der Waals surface area contributed by atoms with E-state index in [1.807, 2.05) is 20.8 Å². The van der Waals surface area contributed by atoms with Crippen LogP contribution in [-0.2, 0) is 10.0 Å². The first-order valence-corrected chi connectivity index (χ1v) is 6.75. The zero-order valence-electron chi connectivity index (χ0n) is 10.0. The largest absolute Gasteiger partial charge is 0.409 e. The molecular formula is C9H21N3O3S. The second kappa shape index (κ2) is 6.05. The van der Waals surface area contributed by atoms with Gasteiger partial charge in [-0.2, -0.15) is 0 Å². The molecule has 0 aromatic rings. The van der Waals surface area contributed by atoms with Crippen molar-refractivity contribution in [1.82, 2.24) is 4.72 Å². The van der Waals surface area contributed by atoms with Gasteiger partial charge in [-0.3, -0.25) is 0 Å². The molecule has 0 atom stereocenters. The molecule has 0 fully saturated rings. The molecule has 0 rings (SSSR count). The van der Waals surface area contributed by atoms with Crippen LogP contribution in [0.2, 0.25) is 0 Å². The third-order valence-electron chi connectivity index (χ3n) is 1.95. The van der Waals surface area contributed by atoms with Crippen LogP contribution in [0, 0.1) is 5.41 Å². The summed E-state index contributed by atoms with van der Waals surface area (Å²) in [4.78, 5) is 0. The molecule has 0 spiro atoms. The van der Waals surface area contributed by atoms with Crippen LogP contribution in [0.4, 0.5) is 0 Å². The van der Waals surface area contributed by atoms with E-state index in [-0.39, 0.29) is 30.0 Å². The van der Waals surface area contributed by atoms with Gasteiger partial charge in [0.25, 0.3) is 0 Å². The Morgan fingerprint density at radius 2 is 2.00 bits per heavy atom.